The lowest BCUT2D eigenvalue weighted by Gasteiger charge is -2.24. The molecule has 5 nitrogen and oxygen atoms in total. The summed E-state index contributed by atoms with van der Waals surface area (Å²) in [5, 5.41) is 2.90. The Hall–Kier alpha value is -2.34. The summed E-state index contributed by atoms with van der Waals surface area (Å²) in [5.74, 6) is -0.344. The molecule has 2 rings (SSSR count). The van der Waals surface area contributed by atoms with Gasteiger partial charge in [0.15, 0.2) is 0 Å². The van der Waals surface area contributed by atoms with Crippen LogP contribution in [0, 0.1) is 20.8 Å². The highest BCUT2D eigenvalue weighted by molar-refractivity contribution is 7.92. The Morgan fingerprint density at radius 3 is 2.15 bits per heavy atom. The maximum Gasteiger partial charge on any atom is 0.241 e. The lowest BCUT2D eigenvalue weighted by Crippen LogP contribution is -2.41. The van der Waals surface area contributed by atoms with Crippen LogP contribution in [0.2, 0.25) is 0 Å². The number of nitrogens with one attached hydrogen (secondary N) is 1. The molecule has 0 aromatic heterocycles. The van der Waals surface area contributed by atoms with Crippen molar-refractivity contribution in [3.63, 3.8) is 0 Å². The van der Waals surface area contributed by atoms with E-state index in [9.17, 15) is 13.2 Å². The van der Waals surface area contributed by atoms with Gasteiger partial charge >= 0.3 is 0 Å². The van der Waals surface area contributed by atoms with Gasteiger partial charge in [0.25, 0.3) is 0 Å². The number of hydrogen-bond donors (Lipinski definition) is 1. The second kappa shape index (κ2) is 7.91. The monoisotopic (exact) mass is 374 g/mol. The summed E-state index contributed by atoms with van der Waals surface area (Å²) >= 11 is 0. The van der Waals surface area contributed by atoms with Crippen LogP contribution in [0.4, 0.5) is 5.69 Å². The highest BCUT2D eigenvalue weighted by Gasteiger charge is 2.22. The molecule has 0 saturated heterocycles. The van der Waals surface area contributed by atoms with E-state index >= 15 is 0 Å². The number of carbonyl (C=O) groups excluding carboxylic acids is 1. The molecule has 2 aromatic carbocycles. The molecule has 0 aliphatic carbocycles. The number of anilines is 1. The number of carbonyl (C=O) groups is 1. The van der Waals surface area contributed by atoms with Gasteiger partial charge in [-0.3, -0.25) is 9.10 Å². The zero-order valence-corrected chi connectivity index (χ0v) is 16.7. The van der Waals surface area contributed by atoms with Crippen LogP contribution >= 0.6 is 0 Å². The van der Waals surface area contributed by atoms with Crippen LogP contribution in [-0.4, -0.2) is 27.1 Å². The van der Waals surface area contributed by atoms with Crippen LogP contribution in [-0.2, 0) is 14.8 Å². The summed E-state index contributed by atoms with van der Waals surface area (Å²) in [4.78, 5) is 12.5. The van der Waals surface area contributed by atoms with Crippen LogP contribution in [0.5, 0.6) is 0 Å². The van der Waals surface area contributed by atoms with Crippen LogP contribution in [0.1, 0.15) is 35.2 Å². The summed E-state index contributed by atoms with van der Waals surface area (Å²) in [7, 11) is -3.57. The van der Waals surface area contributed by atoms with E-state index < -0.39 is 10.0 Å². The molecule has 0 aliphatic rings. The first-order chi connectivity index (χ1) is 12.1. The Labute approximate surface area is 156 Å². The molecule has 0 aliphatic heterocycles. The molecular formula is C20H26N2O3S. The average Bonchev–Trinajstić information content (AvgIpc) is 2.52. The lowest BCUT2D eigenvalue weighted by molar-refractivity contribution is -0.120. The molecule has 2 aromatic rings. The van der Waals surface area contributed by atoms with Crippen molar-refractivity contribution in [2.24, 2.45) is 0 Å². The van der Waals surface area contributed by atoms with E-state index in [1.807, 2.05) is 52.0 Å². The van der Waals surface area contributed by atoms with Crippen LogP contribution < -0.4 is 9.62 Å². The molecule has 0 unspecified atom stereocenters. The van der Waals surface area contributed by atoms with E-state index in [0.29, 0.717) is 5.69 Å². The number of rotatable bonds is 6. The van der Waals surface area contributed by atoms with E-state index in [-0.39, 0.29) is 18.5 Å². The zero-order valence-electron chi connectivity index (χ0n) is 15.9. The number of amides is 1. The van der Waals surface area contributed by atoms with Gasteiger partial charge in [0.1, 0.15) is 6.54 Å². The lowest BCUT2D eigenvalue weighted by atomic mass is 10.0. The van der Waals surface area contributed by atoms with Crippen molar-refractivity contribution >= 4 is 21.6 Å². The molecule has 26 heavy (non-hydrogen) atoms. The molecule has 0 saturated carbocycles. The third-order valence-electron chi connectivity index (χ3n) is 4.28. The Bertz CT molecular complexity index is 890. The van der Waals surface area contributed by atoms with Gasteiger partial charge in [-0.25, -0.2) is 8.42 Å². The van der Waals surface area contributed by atoms with Crippen molar-refractivity contribution in [1.29, 1.82) is 0 Å². The molecule has 0 radical (unpaired) electrons. The minimum atomic E-state index is -3.57. The van der Waals surface area contributed by atoms with E-state index in [1.165, 1.54) is 0 Å². The predicted octanol–water partition coefficient (Wildman–Crippen LogP) is 3.26. The van der Waals surface area contributed by atoms with Crippen molar-refractivity contribution in [2.75, 3.05) is 17.1 Å². The van der Waals surface area contributed by atoms with Gasteiger partial charge in [-0.05, 0) is 51.0 Å². The van der Waals surface area contributed by atoms with Crippen molar-refractivity contribution < 1.29 is 13.2 Å². The third kappa shape index (κ3) is 5.08. The highest BCUT2D eigenvalue weighted by atomic mass is 32.2. The van der Waals surface area contributed by atoms with Gasteiger partial charge in [-0.1, -0.05) is 41.5 Å². The van der Waals surface area contributed by atoms with E-state index in [4.69, 9.17) is 0 Å². The van der Waals surface area contributed by atoms with Gasteiger partial charge in [0.2, 0.25) is 15.9 Å². The topological polar surface area (TPSA) is 66.5 Å². The standard InChI is InChI=1S/C20H26N2O3S/c1-14-6-9-18(10-7-14)22(26(5,24)25)13-20(23)21-17(4)19-11-8-15(2)12-16(19)3/h6-12,17H,13H2,1-5H3,(H,21,23)/t17-/m0/s1. The molecule has 0 fully saturated rings. The quantitative estimate of drug-likeness (QED) is 0.844. The predicted molar refractivity (Wildman–Crippen MR) is 106 cm³/mol. The maximum atomic E-state index is 12.5. The third-order valence-corrected chi connectivity index (χ3v) is 5.42. The smallest absolute Gasteiger partial charge is 0.241 e. The number of hydrogen-bond acceptors (Lipinski definition) is 3. The minimum Gasteiger partial charge on any atom is -0.348 e. The Morgan fingerprint density at radius 2 is 1.62 bits per heavy atom. The van der Waals surface area contributed by atoms with Crippen LogP contribution in [0.3, 0.4) is 0 Å². The number of aryl methyl sites for hydroxylation is 3. The number of nitrogens with zero attached hydrogens (tertiary/aromatic N) is 1. The fourth-order valence-corrected chi connectivity index (χ4v) is 3.77. The first-order valence-corrected chi connectivity index (χ1v) is 10.3. The van der Waals surface area contributed by atoms with E-state index in [2.05, 4.69) is 11.4 Å². The summed E-state index contributed by atoms with van der Waals surface area (Å²) in [6.45, 7) is 7.59. The number of sulfonamides is 1. The van der Waals surface area contributed by atoms with E-state index in [1.54, 1.807) is 12.1 Å². The number of benzene rings is 2. The first-order valence-electron chi connectivity index (χ1n) is 8.49. The summed E-state index contributed by atoms with van der Waals surface area (Å²) in [6, 6.07) is 12.9. The second-order valence-corrected chi connectivity index (χ2v) is 8.66. The molecule has 140 valence electrons. The van der Waals surface area contributed by atoms with E-state index in [0.717, 1.165) is 32.8 Å². The maximum absolute atomic E-state index is 12.5. The molecule has 0 bridgehead atoms. The molecule has 0 heterocycles. The zero-order chi connectivity index (χ0) is 19.5. The van der Waals surface area contributed by atoms with Crippen LogP contribution in [0.15, 0.2) is 42.5 Å². The average molecular weight is 375 g/mol. The van der Waals surface area contributed by atoms with Gasteiger partial charge in [-0.15, -0.1) is 0 Å². The fourth-order valence-electron chi connectivity index (χ4n) is 2.92. The van der Waals surface area contributed by atoms with Crippen molar-refractivity contribution in [3.05, 3.63) is 64.7 Å². The van der Waals surface area contributed by atoms with Gasteiger partial charge in [0, 0.05) is 0 Å². The Balaban J connectivity index is 2.15. The minimum absolute atomic E-state index is 0.206. The summed E-state index contributed by atoms with van der Waals surface area (Å²) in [6.07, 6.45) is 1.10. The van der Waals surface area contributed by atoms with Gasteiger partial charge in [-0.2, -0.15) is 0 Å². The fraction of sp³-hybridized carbons (Fsp3) is 0.350. The second-order valence-electron chi connectivity index (χ2n) is 6.75. The molecule has 1 N–H and O–H groups in total. The summed E-state index contributed by atoms with van der Waals surface area (Å²) < 4.78 is 25.4. The van der Waals surface area contributed by atoms with Gasteiger partial charge in [0.05, 0.1) is 18.0 Å². The largest absolute Gasteiger partial charge is 0.348 e. The Kier molecular flexibility index (Phi) is 6.08. The van der Waals surface area contributed by atoms with Crippen molar-refractivity contribution in [1.82, 2.24) is 5.32 Å². The molecule has 1 atom stereocenters. The van der Waals surface area contributed by atoms with Crippen LogP contribution in [0.25, 0.3) is 0 Å². The molecular weight excluding hydrogens is 348 g/mol. The molecule has 1 amide bonds. The first kappa shape index (κ1) is 20.0. The summed E-state index contributed by atoms with van der Waals surface area (Å²) in [5.41, 5.74) is 4.77. The molecule has 6 heteroatoms. The van der Waals surface area contributed by atoms with Gasteiger partial charge < -0.3 is 5.32 Å². The van der Waals surface area contributed by atoms with Crippen molar-refractivity contribution in [2.45, 2.75) is 33.7 Å². The highest BCUT2D eigenvalue weighted by Crippen LogP contribution is 2.20. The Morgan fingerprint density at radius 1 is 1.04 bits per heavy atom. The molecule has 0 spiro atoms. The SMILES string of the molecule is Cc1ccc(N(CC(=O)N[C@@H](C)c2ccc(C)cc2C)S(C)(=O)=O)cc1. The normalized spacial score (nSPS) is 12.5. The van der Waals surface area contributed by atoms with Crippen molar-refractivity contribution in [3.8, 4) is 0 Å².